The van der Waals surface area contributed by atoms with E-state index in [0.29, 0.717) is 6.42 Å². The second-order valence-electron chi connectivity index (χ2n) is 5.54. The van der Waals surface area contributed by atoms with Gasteiger partial charge in [-0.2, -0.15) is 0 Å². The van der Waals surface area contributed by atoms with Crippen LogP contribution in [0.1, 0.15) is 99.2 Å². The molecule has 1 amide bonds. The van der Waals surface area contributed by atoms with Gasteiger partial charge in [-0.25, -0.2) is 0 Å². The number of primary amides is 1. The van der Waals surface area contributed by atoms with Crippen LogP contribution in [0.15, 0.2) is 0 Å². The molecular weight excluding hydrogens is 333 g/mol. The smallest absolute Gasteiger partial charge is 1.00 e. The fourth-order valence-electron chi connectivity index (χ4n) is 1.61. The average molecular weight is 371 g/mol. The number of nitrogens with two attached hydrogens (primary N) is 1. The van der Waals surface area contributed by atoms with Crippen LogP contribution < -0.4 is 35.3 Å². The molecule has 0 saturated carbocycles. The van der Waals surface area contributed by atoms with Crippen molar-refractivity contribution in [2.24, 2.45) is 5.73 Å². The maximum atomic E-state index is 10.4. The Morgan fingerprint density at radius 3 is 1.24 bits per heavy atom. The molecule has 0 aromatic carbocycles. The Labute approximate surface area is 176 Å². The molecule has 0 heterocycles. The molecule has 146 valence electrons. The average Bonchev–Trinajstić information content (AvgIpc) is 2.54. The molecule has 0 unspecified atom stereocenters. The van der Waals surface area contributed by atoms with E-state index in [9.17, 15) is 14.4 Å². The Bertz CT molecular complexity index is 304. The molecule has 0 spiro atoms. The minimum absolute atomic E-state index is 0. The fourth-order valence-corrected chi connectivity index (χ4v) is 1.61. The third-order valence-electron chi connectivity index (χ3n) is 3.13. The van der Waals surface area contributed by atoms with Crippen LogP contribution in [0.3, 0.4) is 0 Å². The molecule has 0 saturated heterocycles. The van der Waals surface area contributed by atoms with Crippen LogP contribution in [-0.2, 0) is 14.4 Å². The van der Waals surface area contributed by atoms with Crippen molar-refractivity contribution in [3.05, 3.63) is 0 Å². The maximum absolute atomic E-state index is 10.4. The number of hydrogen-bond acceptors (Lipinski definition) is 3. The minimum Gasteiger partial charge on any atom is -1.00 e. The monoisotopic (exact) mass is 371 g/mol. The van der Waals surface area contributed by atoms with Crippen LogP contribution in [0, 0.1) is 0 Å². The van der Waals surface area contributed by atoms with Crippen LogP contribution in [0.5, 0.6) is 0 Å². The van der Waals surface area contributed by atoms with E-state index < -0.39 is 11.9 Å². The summed E-state index contributed by atoms with van der Waals surface area (Å²) in [6.07, 6.45) is 12.6. The number of unbranched alkanes of at least 4 members (excludes halogenated alkanes) is 8. The van der Waals surface area contributed by atoms with Crippen LogP contribution in [0.25, 0.3) is 0 Å². The van der Waals surface area contributed by atoms with E-state index in [-0.39, 0.29) is 49.7 Å². The van der Waals surface area contributed by atoms with Crippen LogP contribution in [0.4, 0.5) is 0 Å². The van der Waals surface area contributed by atoms with Gasteiger partial charge < -0.3 is 17.4 Å². The molecule has 0 aromatic heterocycles. The molecule has 6 nitrogen and oxygen atoms in total. The van der Waals surface area contributed by atoms with Gasteiger partial charge in [-0.15, -0.1) is 0 Å². The Morgan fingerprint density at radius 1 is 0.720 bits per heavy atom. The molecule has 0 aliphatic rings. The third-order valence-corrected chi connectivity index (χ3v) is 3.13. The Kier molecular flexibility index (Phi) is 36.3. The number of hydrogen-bond donors (Lipinski definition) is 3. The maximum Gasteiger partial charge on any atom is 1.00 e. The van der Waals surface area contributed by atoms with Gasteiger partial charge in [0.05, 0.1) is 0 Å². The Balaban J connectivity index is -0.000000102. The van der Waals surface area contributed by atoms with Crippen LogP contribution in [-0.4, -0.2) is 28.1 Å². The molecule has 0 rings (SSSR count). The van der Waals surface area contributed by atoms with E-state index in [1.165, 1.54) is 44.9 Å². The predicted octanol–water partition coefficient (Wildman–Crippen LogP) is 1.47. The summed E-state index contributed by atoms with van der Waals surface area (Å²) in [4.78, 5) is 29.2. The second kappa shape index (κ2) is 28.2. The number of amides is 1. The fraction of sp³-hybridized carbons (Fsp3) is 0.833. The summed E-state index contributed by atoms with van der Waals surface area (Å²) >= 11 is 0. The van der Waals surface area contributed by atoms with Crippen molar-refractivity contribution in [3.63, 3.8) is 0 Å². The van der Waals surface area contributed by atoms with Gasteiger partial charge in [0.1, 0.15) is 0 Å². The van der Waals surface area contributed by atoms with E-state index in [1.54, 1.807) is 13.8 Å². The number of carboxylic acid groups (broad SMARTS) is 2. The summed E-state index contributed by atoms with van der Waals surface area (Å²) in [5.41, 5.74) is 5.05. The normalized spacial score (nSPS) is 8.76. The second-order valence-corrected chi connectivity index (χ2v) is 5.54. The first-order chi connectivity index (χ1) is 11.3. The van der Waals surface area contributed by atoms with Crippen molar-refractivity contribution < 1.29 is 55.6 Å². The van der Waals surface area contributed by atoms with Crippen molar-refractivity contribution in [1.29, 1.82) is 0 Å². The van der Waals surface area contributed by atoms with Gasteiger partial charge in [0.2, 0.25) is 5.91 Å². The van der Waals surface area contributed by atoms with Crippen molar-refractivity contribution >= 4 is 17.8 Å². The van der Waals surface area contributed by atoms with E-state index in [4.69, 9.17) is 15.9 Å². The molecular formula is C18H38NNaO5. The standard InChI is InChI=1S/C12H25NO.2C3H6O2.Na.H/c1-2-3-4-5-6-7-8-9-10-11-12(13)14;2*1-2-3(4)5;;/h2-11H2,1H3,(H2,13,14);2*2H2,1H3,(H,4,5);;/q;;;+1;-1. The molecule has 0 aromatic rings. The minimum atomic E-state index is -0.745. The van der Waals surface area contributed by atoms with Crippen LogP contribution >= 0.6 is 0 Å². The summed E-state index contributed by atoms with van der Waals surface area (Å²) < 4.78 is 0. The van der Waals surface area contributed by atoms with E-state index in [0.717, 1.165) is 12.8 Å². The van der Waals surface area contributed by atoms with Crippen molar-refractivity contribution in [3.8, 4) is 0 Å². The summed E-state index contributed by atoms with van der Waals surface area (Å²) in [6.45, 7) is 5.44. The molecule has 0 aliphatic heterocycles. The number of carbonyl (C=O) groups excluding carboxylic acids is 1. The molecule has 4 N–H and O–H groups in total. The first-order valence-corrected chi connectivity index (χ1v) is 9.03. The topological polar surface area (TPSA) is 118 Å². The molecule has 0 atom stereocenters. The van der Waals surface area contributed by atoms with Gasteiger partial charge >= 0.3 is 41.5 Å². The number of aliphatic carboxylic acids is 2. The molecule has 7 heteroatoms. The van der Waals surface area contributed by atoms with E-state index in [1.807, 2.05) is 0 Å². The zero-order valence-electron chi connectivity index (χ0n) is 17.7. The van der Waals surface area contributed by atoms with Crippen molar-refractivity contribution in [2.75, 3.05) is 0 Å². The summed E-state index contributed by atoms with van der Waals surface area (Å²) in [7, 11) is 0. The summed E-state index contributed by atoms with van der Waals surface area (Å²) in [5, 5.41) is 15.4. The van der Waals surface area contributed by atoms with Crippen LogP contribution in [0.2, 0.25) is 0 Å². The Morgan fingerprint density at radius 2 is 1.00 bits per heavy atom. The zero-order valence-corrected chi connectivity index (χ0v) is 18.7. The SMILES string of the molecule is CCC(=O)O.CCC(=O)O.CCCCCCCCCCCC(N)=O.[H-].[Na+]. The van der Waals surface area contributed by atoms with Gasteiger partial charge in [-0.1, -0.05) is 72.1 Å². The first kappa shape index (κ1) is 32.1. The molecule has 0 radical (unpaired) electrons. The molecule has 0 aliphatic carbocycles. The predicted molar refractivity (Wildman–Crippen MR) is 98.0 cm³/mol. The van der Waals surface area contributed by atoms with Gasteiger partial charge in [0.25, 0.3) is 0 Å². The molecule has 25 heavy (non-hydrogen) atoms. The first-order valence-electron chi connectivity index (χ1n) is 9.03. The number of rotatable bonds is 12. The zero-order chi connectivity index (χ0) is 19.2. The largest absolute Gasteiger partial charge is 1.00 e. The van der Waals surface area contributed by atoms with Crippen molar-refractivity contribution in [2.45, 2.75) is 97.8 Å². The molecule has 0 bridgehead atoms. The van der Waals surface area contributed by atoms with E-state index in [2.05, 4.69) is 6.92 Å². The van der Waals surface area contributed by atoms with Gasteiger partial charge in [-0.3, -0.25) is 14.4 Å². The number of carbonyl (C=O) groups is 3. The molecule has 0 fully saturated rings. The Hall–Kier alpha value is -0.590. The van der Waals surface area contributed by atoms with E-state index >= 15 is 0 Å². The quantitative estimate of drug-likeness (QED) is 0.355. The van der Waals surface area contributed by atoms with Gasteiger partial charge in [0, 0.05) is 19.3 Å². The van der Waals surface area contributed by atoms with Gasteiger partial charge in [0.15, 0.2) is 0 Å². The number of carboxylic acids is 2. The van der Waals surface area contributed by atoms with Gasteiger partial charge in [-0.05, 0) is 6.42 Å². The summed E-state index contributed by atoms with van der Waals surface area (Å²) in [6, 6.07) is 0. The third kappa shape index (κ3) is 51.7. The van der Waals surface area contributed by atoms with Crippen molar-refractivity contribution in [1.82, 2.24) is 0 Å². The summed E-state index contributed by atoms with van der Waals surface area (Å²) in [5.74, 6) is -1.65.